The van der Waals surface area contributed by atoms with Gasteiger partial charge in [0.15, 0.2) is 0 Å². The normalized spacial score (nSPS) is 17.6. The van der Waals surface area contributed by atoms with E-state index >= 15 is 0 Å². The molecule has 0 atom stereocenters. The number of benzene rings is 2. The van der Waals surface area contributed by atoms with Crippen LogP contribution in [0.5, 0.6) is 0 Å². The number of aliphatic hydroxyl groups is 1. The molecule has 1 fully saturated rings. The molecule has 94 valence electrons. The van der Waals surface area contributed by atoms with Crippen LogP contribution in [-0.2, 0) is 6.54 Å². The highest BCUT2D eigenvalue weighted by molar-refractivity contribution is 5.82. The summed E-state index contributed by atoms with van der Waals surface area (Å²) in [4.78, 5) is 0. The smallest absolute Gasteiger partial charge is 0.0613 e. The summed E-state index contributed by atoms with van der Waals surface area (Å²) in [5.41, 5.74) is 1.28. The third-order valence-electron chi connectivity index (χ3n) is 4.09. The van der Waals surface area contributed by atoms with Gasteiger partial charge in [-0.1, -0.05) is 36.4 Å². The number of nitrogens with one attached hydrogen (secondary N) is 1. The Morgan fingerprint density at radius 2 is 1.83 bits per heavy atom. The van der Waals surface area contributed by atoms with E-state index in [0.29, 0.717) is 0 Å². The largest absolute Gasteiger partial charge is 0.394 e. The molecular formula is C16H19NO. The Morgan fingerprint density at radius 3 is 2.50 bits per heavy atom. The molecule has 2 aromatic carbocycles. The van der Waals surface area contributed by atoms with Crippen molar-refractivity contribution in [1.82, 2.24) is 5.32 Å². The third kappa shape index (κ3) is 2.14. The van der Waals surface area contributed by atoms with Gasteiger partial charge in [-0.3, -0.25) is 0 Å². The van der Waals surface area contributed by atoms with E-state index in [2.05, 4.69) is 47.8 Å². The Balaban J connectivity index is 1.74. The molecule has 2 aromatic rings. The molecule has 0 amide bonds. The highest BCUT2D eigenvalue weighted by Crippen LogP contribution is 2.31. The van der Waals surface area contributed by atoms with Crippen LogP contribution in [0, 0.1) is 0 Å². The van der Waals surface area contributed by atoms with Crippen LogP contribution < -0.4 is 5.32 Å². The molecular weight excluding hydrogens is 222 g/mol. The standard InChI is InChI=1S/C16H19NO/c18-12-16(8-3-9-16)17-11-13-6-7-14-4-1-2-5-15(14)10-13/h1-2,4-7,10,17-18H,3,8-9,11-12H2. The number of hydrogen-bond donors (Lipinski definition) is 2. The van der Waals surface area contributed by atoms with Crippen molar-refractivity contribution >= 4 is 10.8 Å². The number of rotatable bonds is 4. The summed E-state index contributed by atoms with van der Waals surface area (Å²) in [6.07, 6.45) is 3.42. The summed E-state index contributed by atoms with van der Waals surface area (Å²) in [6, 6.07) is 15.0. The Kier molecular flexibility index (Phi) is 3.06. The van der Waals surface area contributed by atoms with E-state index in [1.807, 2.05) is 0 Å². The topological polar surface area (TPSA) is 32.3 Å². The van der Waals surface area contributed by atoms with Gasteiger partial charge < -0.3 is 10.4 Å². The van der Waals surface area contributed by atoms with Gasteiger partial charge in [0.2, 0.25) is 0 Å². The molecule has 0 spiro atoms. The molecule has 2 nitrogen and oxygen atoms in total. The summed E-state index contributed by atoms with van der Waals surface area (Å²) in [7, 11) is 0. The van der Waals surface area contributed by atoms with E-state index in [1.54, 1.807) is 0 Å². The molecule has 2 heteroatoms. The molecule has 0 unspecified atom stereocenters. The monoisotopic (exact) mass is 241 g/mol. The number of hydrogen-bond acceptors (Lipinski definition) is 2. The van der Waals surface area contributed by atoms with Gasteiger partial charge in [-0.05, 0) is 41.7 Å². The van der Waals surface area contributed by atoms with E-state index in [1.165, 1.54) is 22.8 Å². The molecule has 3 rings (SSSR count). The highest BCUT2D eigenvalue weighted by atomic mass is 16.3. The predicted molar refractivity (Wildman–Crippen MR) is 74.5 cm³/mol. The average Bonchev–Trinajstić information content (AvgIpc) is 2.38. The molecule has 1 aliphatic carbocycles. The lowest BCUT2D eigenvalue weighted by Crippen LogP contribution is -2.53. The van der Waals surface area contributed by atoms with Crippen LogP contribution >= 0.6 is 0 Å². The maximum Gasteiger partial charge on any atom is 0.0613 e. The third-order valence-corrected chi connectivity index (χ3v) is 4.09. The lowest BCUT2D eigenvalue weighted by atomic mass is 9.77. The van der Waals surface area contributed by atoms with Crippen LogP contribution in [-0.4, -0.2) is 17.3 Å². The highest BCUT2D eigenvalue weighted by Gasteiger charge is 2.35. The van der Waals surface area contributed by atoms with Crippen LogP contribution in [0.15, 0.2) is 42.5 Å². The molecule has 0 saturated heterocycles. The van der Waals surface area contributed by atoms with Gasteiger partial charge in [0.05, 0.1) is 6.61 Å². The van der Waals surface area contributed by atoms with Crippen molar-refractivity contribution < 1.29 is 5.11 Å². The van der Waals surface area contributed by atoms with E-state index < -0.39 is 0 Å². The minimum absolute atomic E-state index is 0.00829. The molecule has 0 aromatic heterocycles. The molecule has 0 heterocycles. The second-order valence-corrected chi connectivity index (χ2v) is 5.33. The van der Waals surface area contributed by atoms with Crippen molar-refractivity contribution in [2.24, 2.45) is 0 Å². The van der Waals surface area contributed by atoms with Gasteiger partial charge in [-0.2, -0.15) is 0 Å². The first-order valence-corrected chi connectivity index (χ1v) is 6.65. The second-order valence-electron chi connectivity index (χ2n) is 5.33. The van der Waals surface area contributed by atoms with E-state index in [9.17, 15) is 5.11 Å². The molecule has 18 heavy (non-hydrogen) atoms. The van der Waals surface area contributed by atoms with Crippen molar-refractivity contribution in [2.45, 2.75) is 31.3 Å². The van der Waals surface area contributed by atoms with Crippen molar-refractivity contribution in [3.8, 4) is 0 Å². The molecule has 1 saturated carbocycles. The lowest BCUT2D eigenvalue weighted by molar-refractivity contribution is 0.0872. The Bertz CT molecular complexity index is 540. The van der Waals surface area contributed by atoms with Crippen molar-refractivity contribution in [2.75, 3.05) is 6.61 Å². The average molecular weight is 241 g/mol. The zero-order valence-corrected chi connectivity index (χ0v) is 10.5. The van der Waals surface area contributed by atoms with Gasteiger partial charge >= 0.3 is 0 Å². The zero-order chi connectivity index (χ0) is 12.4. The molecule has 1 aliphatic rings. The summed E-state index contributed by atoms with van der Waals surface area (Å²) in [5, 5.41) is 15.5. The first-order chi connectivity index (χ1) is 8.81. The van der Waals surface area contributed by atoms with E-state index in [-0.39, 0.29) is 12.1 Å². The molecule has 0 radical (unpaired) electrons. The van der Waals surface area contributed by atoms with E-state index in [0.717, 1.165) is 19.4 Å². The minimum atomic E-state index is -0.00829. The first-order valence-electron chi connectivity index (χ1n) is 6.65. The fourth-order valence-corrected chi connectivity index (χ4v) is 2.63. The van der Waals surface area contributed by atoms with Crippen LogP contribution in [0.2, 0.25) is 0 Å². The van der Waals surface area contributed by atoms with Crippen molar-refractivity contribution in [3.05, 3.63) is 48.0 Å². The minimum Gasteiger partial charge on any atom is -0.394 e. The Morgan fingerprint density at radius 1 is 1.06 bits per heavy atom. The lowest BCUT2D eigenvalue weighted by Gasteiger charge is -2.41. The van der Waals surface area contributed by atoms with Crippen LogP contribution in [0.1, 0.15) is 24.8 Å². The maximum atomic E-state index is 9.42. The van der Waals surface area contributed by atoms with E-state index in [4.69, 9.17) is 0 Å². The van der Waals surface area contributed by atoms with Gasteiger partial charge in [0.25, 0.3) is 0 Å². The first kappa shape index (κ1) is 11.7. The number of fused-ring (bicyclic) bond motifs is 1. The van der Waals surface area contributed by atoms with Crippen molar-refractivity contribution in [1.29, 1.82) is 0 Å². The van der Waals surface area contributed by atoms with Crippen LogP contribution in [0.25, 0.3) is 10.8 Å². The van der Waals surface area contributed by atoms with Crippen molar-refractivity contribution in [3.63, 3.8) is 0 Å². The van der Waals surface area contributed by atoms with Crippen LogP contribution in [0.3, 0.4) is 0 Å². The predicted octanol–water partition coefficient (Wildman–Crippen LogP) is 2.84. The summed E-state index contributed by atoms with van der Waals surface area (Å²) < 4.78 is 0. The second kappa shape index (κ2) is 4.71. The van der Waals surface area contributed by atoms with Gasteiger partial charge in [0.1, 0.15) is 0 Å². The fraction of sp³-hybridized carbons (Fsp3) is 0.375. The van der Waals surface area contributed by atoms with Gasteiger partial charge in [-0.15, -0.1) is 0 Å². The molecule has 2 N–H and O–H groups in total. The summed E-state index contributed by atoms with van der Waals surface area (Å²) in [5.74, 6) is 0. The Labute approximate surface area is 108 Å². The quantitative estimate of drug-likeness (QED) is 0.862. The maximum absolute atomic E-state index is 9.42. The van der Waals surface area contributed by atoms with Gasteiger partial charge in [0, 0.05) is 12.1 Å². The van der Waals surface area contributed by atoms with Crippen LogP contribution in [0.4, 0.5) is 0 Å². The Hall–Kier alpha value is -1.38. The summed E-state index contributed by atoms with van der Waals surface area (Å²) in [6.45, 7) is 1.09. The molecule has 0 aliphatic heterocycles. The fourth-order valence-electron chi connectivity index (χ4n) is 2.63. The number of aliphatic hydroxyl groups excluding tert-OH is 1. The van der Waals surface area contributed by atoms with Gasteiger partial charge in [-0.25, -0.2) is 0 Å². The SMILES string of the molecule is OCC1(NCc2ccc3ccccc3c2)CCC1. The zero-order valence-electron chi connectivity index (χ0n) is 10.5. The summed E-state index contributed by atoms with van der Waals surface area (Å²) >= 11 is 0. The molecule has 0 bridgehead atoms.